The number of fused-ring (bicyclic) bond motifs is 1. The second kappa shape index (κ2) is 8.80. The molecule has 3 heterocycles. The number of nitrogens with zero attached hydrogens (tertiary/aromatic N) is 5. The molecule has 0 saturated heterocycles. The third kappa shape index (κ3) is 4.40. The molecule has 0 aliphatic heterocycles. The van der Waals surface area contributed by atoms with Crippen LogP contribution < -0.4 is 10.5 Å². The lowest BCUT2D eigenvalue weighted by Crippen LogP contribution is -2.03. The zero-order valence-electron chi connectivity index (χ0n) is 18.1. The number of imidazole rings is 1. The van der Waals surface area contributed by atoms with Crippen LogP contribution in [0.2, 0.25) is 5.02 Å². The molecular weight excluding hydrogens is 456 g/mol. The summed E-state index contributed by atoms with van der Waals surface area (Å²) < 4.78 is 8.07. The van der Waals surface area contributed by atoms with Crippen molar-refractivity contribution in [1.82, 2.24) is 24.5 Å². The van der Waals surface area contributed by atoms with E-state index in [4.69, 9.17) is 22.1 Å². The van der Waals surface area contributed by atoms with Gasteiger partial charge in [-0.2, -0.15) is 4.98 Å². The molecule has 166 valence electrons. The van der Waals surface area contributed by atoms with Gasteiger partial charge in [0.2, 0.25) is 0 Å². The van der Waals surface area contributed by atoms with E-state index in [1.54, 1.807) is 6.33 Å². The highest BCUT2D eigenvalue weighted by Crippen LogP contribution is 2.39. The van der Waals surface area contributed by atoms with Gasteiger partial charge >= 0.3 is 0 Å². The van der Waals surface area contributed by atoms with Gasteiger partial charge in [0.1, 0.15) is 12.1 Å². The number of hydrogen-bond donors (Lipinski definition) is 1. The Hall–Kier alpha value is -3.49. The van der Waals surface area contributed by atoms with Crippen LogP contribution in [-0.2, 0) is 6.54 Å². The van der Waals surface area contributed by atoms with E-state index < -0.39 is 0 Å². The molecule has 5 rings (SSSR count). The van der Waals surface area contributed by atoms with Crippen molar-refractivity contribution in [3.63, 3.8) is 0 Å². The van der Waals surface area contributed by atoms with Gasteiger partial charge in [0.15, 0.2) is 16.3 Å². The first-order valence-corrected chi connectivity index (χ1v) is 11.6. The summed E-state index contributed by atoms with van der Waals surface area (Å²) >= 11 is 7.61. The summed E-state index contributed by atoms with van der Waals surface area (Å²) in [5.74, 6) is 1.56. The van der Waals surface area contributed by atoms with Gasteiger partial charge in [0.05, 0.1) is 16.9 Å². The summed E-state index contributed by atoms with van der Waals surface area (Å²) in [6.45, 7) is 5.13. The van der Waals surface area contributed by atoms with Gasteiger partial charge in [0, 0.05) is 17.1 Å². The number of ether oxygens (including phenoxy) is 1. The maximum absolute atomic E-state index is 6.18. The van der Waals surface area contributed by atoms with Crippen molar-refractivity contribution >= 4 is 39.2 Å². The standard InChI is InChI=1S/C24H21ClN6OS/c1-14(2)11-31-13-29-20-22(31)27-12-28-23(20)32-18-8-6-15(7-9-18)21-19(30-24(26)33-21)16-4-3-5-17(25)10-16/h3-10,12-14H,11H2,1-2H3,(H2,26,30). The fourth-order valence-electron chi connectivity index (χ4n) is 3.61. The van der Waals surface area contributed by atoms with E-state index in [1.807, 2.05) is 53.1 Å². The van der Waals surface area contributed by atoms with Crippen LogP contribution in [-0.4, -0.2) is 24.5 Å². The second-order valence-electron chi connectivity index (χ2n) is 8.01. The Morgan fingerprint density at radius 3 is 2.64 bits per heavy atom. The zero-order valence-corrected chi connectivity index (χ0v) is 19.6. The highest BCUT2D eigenvalue weighted by atomic mass is 35.5. The molecule has 3 aromatic heterocycles. The molecule has 0 radical (unpaired) electrons. The summed E-state index contributed by atoms with van der Waals surface area (Å²) in [4.78, 5) is 18.6. The van der Waals surface area contributed by atoms with Crippen LogP contribution >= 0.6 is 22.9 Å². The fraction of sp³-hybridized carbons (Fsp3) is 0.167. The molecular formula is C24H21ClN6OS. The minimum Gasteiger partial charge on any atom is -0.437 e. The van der Waals surface area contributed by atoms with Crippen LogP contribution in [0.4, 0.5) is 5.13 Å². The molecule has 0 saturated carbocycles. The Bertz CT molecular complexity index is 1430. The van der Waals surface area contributed by atoms with Crippen molar-refractivity contribution in [2.45, 2.75) is 20.4 Å². The smallest absolute Gasteiger partial charge is 0.250 e. The first-order valence-electron chi connectivity index (χ1n) is 10.4. The first kappa shape index (κ1) is 21.4. The average molecular weight is 477 g/mol. The van der Waals surface area contributed by atoms with Crippen molar-refractivity contribution in [3.05, 3.63) is 66.2 Å². The summed E-state index contributed by atoms with van der Waals surface area (Å²) in [7, 11) is 0. The van der Waals surface area contributed by atoms with Crippen molar-refractivity contribution in [2.24, 2.45) is 5.92 Å². The van der Waals surface area contributed by atoms with E-state index in [2.05, 4.69) is 33.8 Å². The molecule has 0 atom stereocenters. The highest BCUT2D eigenvalue weighted by Gasteiger charge is 2.16. The SMILES string of the molecule is CC(C)Cn1cnc2c(Oc3ccc(-c4sc(N)nc4-c4cccc(Cl)c4)cc3)ncnc21. The molecule has 2 N–H and O–H groups in total. The number of nitrogens with two attached hydrogens (primary N) is 1. The molecule has 0 aliphatic rings. The van der Waals surface area contributed by atoms with Crippen LogP contribution in [0.1, 0.15) is 13.8 Å². The average Bonchev–Trinajstić information content (AvgIpc) is 3.38. The van der Waals surface area contributed by atoms with Gasteiger partial charge < -0.3 is 15.0 Å². The zero-order chi connectivity index (χ0) is 22.9. The number of thiazole rings is 1. The van der Waals surface area contributed by atoms with Gasteiger partial charge in [-0.05, 0) is 47.9 Å². The molecule has 2 aromatic carbocycles. The quantitative estimate of drug-likeness (QED) is 0.309. The largest absolute Gasteiger partial charge is 0.437 e. The summed E-state index contributed by atoms with van der Waals surface area (Å²) in [5, 5.41) is 1.15. The molecule has 0 bridgehead atoms. The van der Waals surface area contributed by atoms with Gasteiger partial charge in [-0.25, -0.2) is 15.0 Å². The summed E-state index contributed by atoms with van der Waals surface area (Å²) in [6.07, 6.45) is 3.28. The lowest BCUT2D eigenvalue weighted by molar-refractivity contribution is 0.467. The number of hydrogen-bond acceptors (Lipinski definition) is 7. The predicted octanol–water partition coefficient (Wildman–Crippen LogP) is 6.30. The first-order chi connectivity index (χ1) is 16.0. The number of rotatable bonds is 6. The molecule has 5 aromatic rings. The Morgan fingerprint density at radius 2 is 1.88 bits per heavy atom. The lowest BCUT2D eigenvalue weighted by atomic mass is 10.1. The van der Waals surface area contributed by atoms with Crippen LogP contribution in [0.3, 0.4) is 0 Å². The van der Waals surface area contributed by atoms with E-state index in [-0.39, 0.29) is 0 Å². The monoisotopic (exact) mass is 476 g/mol. The Morgan fingerprint density at radius 1 is 1.06 bits per heavy atom. The van der Waals surface area contributed by atoms with Gasteiger partial charge in [-0.1, -0.05) is 48.9 Å². The van der Waals surface area contributed by atoms with Crippen LogP contribution in [0.5, 0.6) is 11.6 Å². The number of halogens is 1. The molecule has 0 amide bonds. The molecule has 0 unspecified atom stereocenters. The number of benzene rings is 2. The third-order valence-corrected chi connectivity index (χ3v) is 6.17. The second-order valence-corrected chi connectivity index (χ2v) is 9.48. The number of aromatic nitrogens is 5. The minimum absolute atomic E-state index is 0.428. The molecule has 7 nitrogen and oxygen atoms in total. The Labute approximate surface area is 199 Å². The summed E-state index contributed by atoms with van der Waals surface area (Å²) in [5.41, 5.74) is 10.2. The predicted molar refractivity (Wildman–Crippen MR) is 133 cm³/mol. The van der Waals surface area contributed by atoms with E-state index in [0.717, 1.165) is 33.9 Å². The maximum Gasteiger partial charge on any atom is 0.250 e. The number of nitrogen functional groups attached to an aromatic ring is 1. The maximum atomic E-state index is 6.18. The van der Waals surface area contributed by atoms with Crippen LogP contribution in [0.15, 0.2) is 61.2 Å². The minimum atomic E-state index is 0.428. The van der Waals surface area contributed by atoms with Crippen molar-refractivity contribution < 1.29 is 4.74 Å². The Kier molecular flexibility index (Phi) is 5.70. The molecule has 0 aliphatic carbocycles. The van der Waals surface area contributed by atoms with Gasteiger partial charge in [-0.3, -0.25) is 0 Å². The van der Waals surface area contributed by atoms with Gasteiger partial charge in [0.25, 0.3) is 5.88 Å². The molecule has 33 heavy (non-hydrogen) atoms. The van der Waals surface area contributed by atoms with Crippen LogP contribution in [0.25, 0.3) is 32.9 Å². The lowest BCUT2D eigenvalue weighted by Gasteiger charge is -2.08. The van der Waals surface area contributed by atoms with E-state index in [1.165, 1.54) is 17.7 Å². The fourth-order valence-corrected chi connectivity index (χ4v) is 4.66. The Balaban J connectivity index is 1.43. The molecule has 0 spiro atoms. The highest BCUT2D eigenvalue weighted by molar-refractivity contribution is 7.19. The van der Waals surface area contributed by atoms with Crippen molar-refractivity contribution in [2.75, 3.05) is 5.73 Å². The summed E-state index contributed by atoms with van der Waals surface area (Å²) in [6, 6.07) is 15.3. The molecule has 9 heteroatoms. The third-order valence-electron chi connectivity index (χ3n) is 5.00. The van der Waals surface area contributed by atoms with Crippen LogP contribution in [0, 0.1) is 5.92 Å². The number of anilines is 1. The topological polar surface area (TPSA) is 91.7 Å². The normalized spacial score (nSPS) is 11.4. The van der Waals surface area contributed by atoms with Gasteiger partial charge in [-0.15, -0.1) is 0 Å². The van der Waals surface area contributed by atoms with Crippen molar-refractivity contribution in [3.8, 4) is 33.3 Å². The molecule has 0 fully saturated rings. The van der Waals surface area contributed by atoms with E-state index >= 15 is 0 Å². The van der Waals surface area contributed by atoms with E-state index in [9.17, 15) is 0 Å². The van der Waals surface area contributed by atoms with E-state index in [0.29, 0.717) is 33.2 Å². The van der Waals surface area contributed by atoms with Crippen molar-refractivity contribution in [1.29, 1.82) is 0 Å².